The van der Waals surface area contributed by atoms with Crippen LogP contribution in [0.25, 0.3) is 0 Å². The molecule has 0 fully saturated rings. The summed E-state index contributed by atoms with van der Waals surface area (Å²) >= 11 is 0. The van der Waals surface area contributed by atoms with Gasteiger partial charge < -0.3 is 9.47 Å². The molecule has 1 aromatic rings. The first kappa shape index (κ1) is 21.5. The Morgan fingerprint density at radius 3 is 2.44 bits per heavy atom. The second kappa shape index (κ2) is 9.93. The van der Waals surface area contributed by atoms with Crippen LogP contribution in [0, 0.1) is 5.92 Å². The van der Waals surface area contributed by atoms with E-state index in [0.717, 1.165) is 32.1 Å². The molecule has 0 aromatic heterocycles. The minimum atomic E-state index is -3.50. The number of carbonyl (C=O) groups excluding carboxylic acids is 1. The number of allylic oxidation sites excluding steroid dienone is 1. The average Bonchev–Trinajstić information content (AvgIpc) is 2.94. The Morgan fingerprint density at radius 1 is 1.11 bits per heavy atom. The molecule has 0 saturated carbocycles. The molecule has 150 valence electrons. The largest absolute Gasteiger partial charge is 0.493 e. The fourth-order valence-corrected chi connectivity index (χ4v) is 5.03. The van der Waals surface area contributed by atoms with Gasteiger partial charge >= 0.3 is 5.97 Å². The molecule has 2 rings (SSSR count). The van der Waals surface area contributed by atoms with Crippen molar-refractivity contribution in [1.29, 1.82) is 0 Å². The normalized spacial score (nSPS) is 19.8. The van der Waals surface area contributed by atoms with Crippen molar-refractivity contribution in [3.63, 3.8) is 0 Å². The smallest absolute Gasteiger partial charge is 0.337 e. The molecule has 0 spiro atoms. The Kier molecular flexibility index (Phi) is 7.90. The highest BCUT2D eigenvalue weighted by Gasteiger charge is 2.41. The third-order valence-corrected chi connectivity index (χ3v) is 6.63. The predicted octanol–water partition coefficient (Wildman–Crippen LogP) is 4.28. The van der Waals surface area contributed by atoms with Gasteiger partial charge in [-0.05, 0) is 32.4 Å². The number of hydrogen-bond donors (Lipinski definition) is 0. The lowest BCUT2D eigenvalue weighted by Gasteiger charge is -2.21. The highest BCUT2D eigenvalue weighted by atomic mass is 32.2. The molecule has 27 heavy (non-hydrogen) atoms. The lowest BCUT2D eigenvalue weighted by Crippen LogP contribution is -2.30. The molecule has 1 aliphatic heterocycles. The second-order valence-corrected chi connectivity index (χ2v) is 8.93. The van der Waals surface area contributed by atoms with Crippen LogP contribution in [0.5, 0.6) is 0 Å². The standard InChI is InChI=1S/C21H30O5S/c1-4-6-7-11-14-18-19(26-16(3)20(18)21(22)25-5-2)15-27(23,24)17-12-9-8-10-13-17/h8-10,12-13,18-19H,4-7,11,14-15H2,1-3H3/t18-,19-/m0/s1. The molecule has 0 bridgehead atoms. The van der Waals surface area contributed by atoms with Crippen molar-refractivity contribution in [3.8, 4) is 0 Å². The first-order valence-electron chi connectivity index (χ1n) is 9.73. The van der Waals surface area contributed by atoms with Crippen LogP contribution in [0.3, 0.4) is 0 Å². The summed E-state index contributed by atoms with van der Waals surface area (Å²) in [6, 6.07) is 8.38. The number of sulfone groups is 1. The Hall–Kier alpha value is -1.82. The average molecular weight is 395 g/mol. The summed E-state index contributed by atoms with van der Waals surface area (Å²) in [6.45, 7) is 5.91. The molecular formula is C21H30O5S. The first-order valence-corrected chi connectivity index (χ1v) is 11.4. The molecule has 0 radical (unpaired) electrons. The molecule has 1 aromatic carbocycles. The molecule has 1 heterocycles. The van der Waals surface area contributed by atoms with Gasteiger partial charge in [0.15, 0.2) is 9.84 Å². The lowest BCUT2D eigenvalue weighted by atomic mass is 9.89. The van der Waals surface area contributed by atoms with Gasteiger partial charge in [0.25, 0.3) is 0 Å². The molecular weight excluding hydrogens is 364 g/mol. The number of hydrogen-bond acceptors (Lipinski definition) is 5. The van der Waals surface area contributed by atoms with Gasteiger partial charge in [0.05, 0.1) is 22.8 Å². The van der Waals surface area contributed by atoms with Gasteiger partial charge in [-0.2, -0.15) is 0 Å². The van der Waals surface area contributed by atoms with Gasteiger partial charge in [0.1, 0.15) is 11.9 Å². The number of unbranched alkanes of at least 4 members (excludes halogenated alkanes) is 3. The molecule has 2 atom stereocenters. The van der Waals surface area contributed by atoms with E-state index < -0.39 is 21.9 Å². The zero-order chi connectivity index (χ0) is 19.9. The molecule has 1 aliphatic rings. The van der Waals surface area contributed by atoms with Crippen LogP contribution in [0.15, 0.2) is 46.6 Å². The topological polar surface area (TPSA) is 69.7 Å². The molecule has 0 amide bonds. The van der Waals surface area contributed by atoms with Crippen LogP contribution in [0.1, 0.15) is 52.9 Å². The minimum absolute atomic E-state index is 0.143. The number of carbonyl (C=O) groups is 1. The Labute approximate surface area is 162 Å². The summed E-state index contributed by atoms with van der Waals surface area (Å²) < 4.78 is 36.7. The van der Waals surface area contributed by atoms with Crippen molar-refractivity contribution in [2.24, 2.45) is 5.92 Å². The van der Waals surface area contributed by atoms with Gasteiger partial charge in [0.2, 0.25) is 0 Å². The van der Waals surface area contributed by atoms with Gasteiger partial charge in [-0.25, -0.2) is 13.2 Å². The molecule has 6 heteroatoms. The molecule has 0 aliphatic carbocycles. The van der Waals surface area contributed by atoms with Crippen molar-refractivity contribution in [2.75, 3.05) is 12.4 Å². The summed E-state index contributed by atoms with van der Waals surface area (Å²) in [7, 11) is -3.50. The zero-order valence-corrected chi connectivity index (χ0v) is 17.3. The molecule has 5 nitrogen and oxygen atoms in total. The predicted molar refractivity (Wildman–Crippen MR) is 105 cm³/mol. The molecule has 0 unspecified atom stereocenters. The summed E-state index contributed by atoms with van der Waals surface area (Å²) in [5.74, 6) is -0.299. The van der Waals surface area contributed by atoms with Crippen LogP contribution in [-0.2, 0) is 24.1 Å². The SMILES string of the molecule is CCCCCC[C@@H]1C(C(=O)OCC)=C(C)O[C@H]1CS(=O)(=O)c1ccccc1. The van der Waals surface area contributed by atoms with Crippen molar-refractivity contribution < 1.29 is 22.7 Å². The number of benzene rings is 1. The fourth-order valence-electron chi connectivity index (χ4n) is 3.54. The van der Waals surface area contributed by atoms with Gasteiger partial charge in [0, 0.05) is 5.92 Å². The van der Waals surface area contributed by atoms with Crippen LogP contribution in [0.2, 0.25) is 0 Å². The van der Waals surface area contributed by atoms with Crippen LogP contribution in [0.4, 0.5) is 0 Å². The minimum Gasteiger partial charge on any atom is -0.493 e. The van der Waals surface area contributed by atoms with E-state index in [2.05, 4.69) is 6.92 Å². The van der Waals surface area contributed by atoms with E-state index in [1.165, 1.54) is 0 Å². The summed E-state index contributed by atoms with van der Waals surface area (Å²) in [6.07, 6.45) is 4.39. The van der Waals surface area contributed by atoms with E-state index in [1.54, 1.807) is 44.2 Å². The Morgan fingerprint density at radius 2 is 1.81 bits per heavy atom. The first-order chi connectivity index (χ1) is 12.9. The maximum atomic E-state index is 12.8. The van der Waals surface area contributed by atoms with E-state index in [-0.39, 0.29) is 23.2 Å². The van der Waals surface area contributed by atoms with Crippen molar-refractivity contribution >= 4 is 15.8 Å². The van der Waals surface area contributed by atoms with Crippen LogP contribution >= 0.6 is 0 Å². The van der Waals surface area contributed by atoms with Crippen molar-refractivity contribution in [1.82, 2.24) is 0 Å². The van der Waals surface area contributed by atoms with Gasteiger partial charge in [-0.1, -0.05) is 50.8 Å². The van der Waals surface area contributed by atoms with Crippen molar-refractivity contribution in [2.45, 2.75) is 63.9 Å². The second-order valence-electron chi connectivity index (χ2n) is 6.90. The Balaban J connectivity index is 2.20. The lowest BCUT2D eigenvalue weighted by molar-refractivity contribution is -0.139. The molecule has 0 N–H and O–H groups in total. The number of rotatable bonds is 10. The maximum absolute atomic E-state index is 12.8. The third kappa shape index (κ3) is 5.58. The van der Waals surface area contributed by atoms with E-state index in [1.807, 2.05) is 0 Å². The monoisotopic (exact) mass is 394 g/mol. The van der Waals surface area contributed by atoms with E-state index in [9.17, 15) is 13.2 Å². The Bertz CT molecular complexity index is 752. The maximum Gasteiger partial charge on any atom is 0.337 e. The summed E-state index contributed by atoms with van der Waals surface area (Å²) in [5.41, 5.74) is 0.501. The highest BCUT2D eigenvalue weighted by Crippen LogP contribution is 2.37. The van der Waals surface area contributed by atoms with Crippen molar-refractivity contribution in [3.05, 3.63) is 41.7 Å². The van der Waals surface area contributed by atoms with E-state index in [0.29, 0.717) is 11.3 Å². The zero-order valence-electron chi connectivity index (χ0n) is 16.4. The van der Waals surface area contributed by atoms with Gasteiger partial charge in [-0.15, -0.1) is 0 Å². The fraction of sp³-hybridized carbons (Fsp3) is 0.571. The third-order valence-electron chi connectivity index (χ3n) is 4.88. The molecule has 0 saturated heterocycles. The quantitative estimate of drug-likeness (QED) is 0.437. The number of esters is 1. The van der Waals surface area contributed by atoms with Crippen LogP contribution in [-0.4, -0.2) is 32.9 Å². The van der Waals surface area contributed by atoms with E-state index >= 15 is 0 Å². The van der Waals surface area contributed by atoms with Gasteiger partial charge in [-0.3, -0.25) is 0 Å². The summed E-state index contributed by atoms with van der Waals surface area (Å²) in [5, 5.41) is 0. The summed E-state index contributed by atoms with van der Waals surface area (Å²) in [4.78, 5) is 12.7. The van der Waals surface area contributed by atoms with E-state index in [4.69, 9.17) is 9.47 Å². The van der Waals surface area contributed by atoms with Crippen LogP contribution < -0.4 is 0 Å². The highest BCUT2D eigenvalue weighted by molar-refractivity contribution is 7.91. The number of ether oxygens (including phenoxy) is 2.